The minimum absolute atomic E-state index is 0.137. The summed E-state index contributed by atoms with van der Waals surface area (Å²) in [4.78, 5) is 11.6. The standard InChI is InChI=1S/C11H11Cl2N3O3S/c1-15-20(18,19)6-10(17)16-9(5-14)7-3-2-4-8(12)11(7)13/h2-4,9,15H,6H2,1H3,(H,16,17)/t9-/m1/s1. The number of rotatable bonds is 5. The average Bonchev–Trinajstić information content (AvgIpc) is 2.39. The highest BCUT2D eigenvalue weighted by Gasteiger charge is 2.21. The van der Waals surface area contributed by atoms with Crippen LogP contribution in [0.1, 0.15) is 11.6 Å². The van der Waals surface area contributed by atoms with Crippen molar-refractivity contribution in [2.45, 2.75) is 6.04 Å². The summed E-state index contributed by atoms with van der Waals surface area (Å²) in [6.45, 7) is 0. The molecule has 0 aromatic heterocycles. The zero-order valence-electron chi connectivity index (χ0n) is 10.4. The quantitative estimate of drug-likeness (QED) is 0.845. The second-order valence-electron chi connectivity index (χ2n) is 3.74. The lowest BCUT2D eigenvalue weighted by molar-refractivity contribution is -0.119. The molecule has 0 spiro atoms. The van der Waals surface area contributed by atoms with E-state index in [9.17, 15) is 13.2 Å². The molecule has 2 N–H and O–H groups in total. The first kappa shape index (κ1) is 16.7. The van der Waals surface area contributed by atoms with E-state index >= 15 is 0 Å². The second kappa shape index (κ2) is 6.90. The fourth-order valence-corrected chi connectivity index (χ4v) is 2.36. The molecule has 9 heteroatoms. The number of nitrogens with zero attached hydrogens (tertiary/aromatic N) is 1. The number of nitriles is 1. The summed E-state index contributed by atoms with van der Waals surface area (Å²) in [6, 6.07) is 5.38. The van der Waals surface area contributed by atoms with Crippen molar-refractivity contribution in [1.29, 1.82) is 5.26 Å². The summed E-state index contributed by atoms with van der Waals surface area (Å²) in [5.41, 5.74) is 0.303. The molecule has 108 valence electrons. The minimum atomic E-state index is -3.70. The maximum atomic E-state index is 11.6. The molecule has 6 nitrogen and oxygen atoms in total. The highest BCUT2D eigenvalue weighted by Crippen LogP contribution is 2.29. The molecule has 0 aliphatic heterocycles. The van der Waals surface area contributed by atoms with Crippen molar-refractivity contribution in [2.75, 3.05) is 12.8 Å². The van der Waals surface area contributed by atoms with Crippen molar-refractivity contribution in [2.24, 2.45) is 0 Å². The summed E-state index contributed by atoms with van der Waals surface area (Å²) in [5, 5.41) is 11.7. The summed E-state index contributed by atoms with van der Waals surface area (Å²) >= 11 is 11.8. The monoisotopic (exact) mass is 335 g/mol. The Morgan fingerprint density at radius 3 is 2.65 bits per heavy atom. The molecule has 0 bridgehead atoms. The Labute approximate surface area is 126 Å². The molecule has 1 atom stereocenters. The number of benzene rings is 1. The van der Waals surface area contributed by atoms with Gasteiger partial charge in [0, 0.05) is 5.56 Å². The Kier molecular flexibility index (Phi) is 5.77. The molecule has 1 amide bonds. The van der Waals surface area contributed by atoms with Gasteiger partial charge in [-0.2, -0.15) is 5.26 Å². The van der Waals surface area contributed by atoms with E-state index in [0.717, 1.165) is 0 Å². The van der Waals surface area contributed by atoms with Crippen LogP contribution in [0, 0.1) is 11.3 Å². The molecule has 1 rings (SSSR count). The topological polar surface area (TPSA) is 99.1 Å². The fraction of sp³-hybridized carbons (Fsp3) is 0.273. The Morgan fingerprint density at radius 2 is 2.10 bits per heavy atom. The summed E-state index contributed by atoms with van der Waals surface area (Å²) in [7, 11) is -2.51. The van der Waals surface area contributed by atoms with Gasteiger partial charge in [0.2, 0.25) is 15.9 Å². The van der Waals surface area contributed by atoms with Gasteiger partial charge in [0.15, 0.2) is 0 Å². The first-order chi connectivity index (χ1) is 9.30. The molecule has 0 saturated heterocycles. The zero-order chi connectivity index (χ0) is 15.3. The normalized spacial score (nSPS) is 12.5. The largest absolute Gasteiger partial charge is 0.336 e. The molecular formula is C11H11Cl2N3O3S. The number of carbonyl (C=O) groups excluding carboxylic acids is 1. The minimum Gasteiger partial charge on any atom is -0.336 e. The van der Waals surface area contributed by atoms with Crippen LogP contribution in [-0.4, -0.2) is 27.1 Å². The van der Waals surface area contributed by atoms with Gasteiger partial charge in [-0.1, -0.05) is 35.3 Å². The first-order valence-corrected chi connectivity index (χ1v) is 7.75. The highest BCUT2D eigenvalue weighted by molar-refractivity contribution is 7.90. The van der Waals surface area contributed by atoms with Crippen LogP contribution in [0.5, 0.6) is 0 Å². The van der Waals surface area contributed by atoms with Crippen molar-refractivity contribution in [3.05, 3.63) is 33.8 Å². The molecule has 0 heterocycles. The summed E-state index contributed by atoms with van der Waals surface area (Å²) in [6.07, 6.45) is 0. The molecule has 0 radical (unpaired) electrons. The van der Waals surface area contributed by atoms with Gasteiger partial charge in [-0.15, -0.1) is 0 Å². The highest BCUT2D eigenvalue weighted by atomic mass is 35.5. The number of carbonyl (C=O) groups is 1. The van der Waals surface area contributed by atoms with Gasteiger partial charge in [0.1, 0.15) is 11.8 Å². The van der Waals surface area contributed by atoms with Crippen molar-refractivity contribution in [1.82, 2.24) is 10.0 Å². The van der Waals surface area contributed by atoms with E-state index in [1.54, 1.807) is 6.07 Å². The maximum Gasteiger partial charge on any atom is 0.237 e. The Hall–Kier alpha value is -1.33. The third kappa shape index (κ3) is 4.35. The van der Waals surface area contributed by atoms with E-state index in [4.69, 9.17) is 28.5 Å². The van der Waals surface area contributed by atoms with Crippen LogP contribution in [0.3, 0.4) is 0 Å². The molecule has 20 heavy (non-hydrogen) atoms. The predicted octanol–water partition coefficient (Wildman–Crippen LogP) is 1.22. The summed E-state index contributed by atoms with van der Waals surface area (Å²) in [5.74, 6) is -1.60. The van der Waals surface area contributed by atoms with E-state index in [2.05, 4.69) is 5.32 Å². The third-order valence-corrected chi connectivity index (χ3v) is 4.46. The summed E-state index contributed by atoms with van der Waals surface area (Å²) < 4.78 is 24.5. The van der Waals surface area contributed by atoms with Gasteiger partial charge >= 0.3 is 0 Å². The molecule has 1 aromatic carbocycles. The Balaban J connectivity index is 2.92. The van der Waals surface area contributed by atoms with Crippen molar-refractivity contribution < 1.29 is 13.2 Å². The molecule has 0 unspecified atom stereocenters. The van der Waals surface area contributed by atoms with Gasteiger partial charge in [-0.3, -0.25) is 4.79 Å². The lowest BCUT2D eigenvalue weighted by atomic mass is 10.1. The SMILES string of the molecule is CNS(=O)(=O)CC(=O)N[C@H](C#N)c1cccc(Cl)c1Cl. The van der Waals surface area contributed by atoms with Crippen molar-refractivity contribution in [3.63, 3.8) is 0 Å². The van der Waals surface area contributed by atoms with Crippen LogP contribution in [-0.2, 0) is 14.8 Å². The lowest BCUT2D eigenvalue weighted by Gasteiger charge is -2.14. The van der Waals surface area contributed by atoms with Crippen LogP contribution in [0.2, 0.25) is 10.0 Å². The average molecular weight is 336 g/mol. The molecule has 0 aliphatic carbocycles. The Morgan fingerprint density at radius 1 is 1.45 bits per heavy atom. The number of hydrogen-bond donors (Lipinski definition) is 2. The van der Waals surface area contributed by atoms with Gasteiger partial charge in [0.05, 0.1) is 16.1 Å². The van der Waals surface area contributed by atoms with E-state index < -0.39 is 27.7 Å². The van der Waals surface area contributed by atoms with Gasteiger partial charge in [-0.25, -0.2) is 13.1 Å². The van der Waals surface area contributed by atoms with E-state index in [1.165, 1.54) is 19.2 Å². The van der Waals surface area contributed by atoms with E-state index in [1.807, 2.05) is 10.8 Å². The van der Waals surface area contributed by atoms with Crippen LogP contribution >= 0.6 is 23.2 Å². The number of hydrogen-bond acceptors (Lipinski definition) is 4. The zero-order valence-corrected chi connectivity index (χ0v) is 12.7. The Bertz CT molecular complexity index is 655. The van der Waals surface area contributed by atoms with Crippen molar-refractivity contribution in [3.8, 4) is 6.07 Å². The molecule has 0 fully saturated rings. The smallest absolute Gasteiger partial charge is 0.237 e. The predicted molar refractivity (Wildman–Crippen MR) is 75.8 cm³/mol. The van der Waals surface area contributed by atoms with Crippen LogP contribution in [0.25, 0.3) is 0 Å². The number of amides is 1. The number of nitrogens with one attached hydrogen (secondary N) is 2. The van der Waals surface area contributed by atoms with Gasteiger partial charge in [-0.05, 0) is 13.1 Å². The number of halogens is 2. The third-order valence-electron chi connectivity index (χ3n) is 2.36. The van der Waals surface area contributed by atoms with Crippen LogP contribution < -0.4 is 10.0 Å². The maximum absolute atomic E-state index is 11.6. The molecular weight excluding hydrogens is 325 g/mol. The molecule has 0 saturated carbocycles. The van der Waals surface area contributed by atoms with Gasteiger partial charge < -0.3 is 5.32 Å². The molecule has 1 aromatic rings. The van der Waals surface area contributed by atoms with Gasteiger partial charge in [0.25, 0.3) is 0 Å². The molecule has 0 aliphatic rings. The lowest BCUT2D eigenvalue weighted by Crippen LogP contribution is -2.36. The van der Waals surface area contributed by atoms with Crippen molar-refractivity contribution >= 4 is 39.1 Å². The fourth-order valence-electron chi connectivity index (χ4n) is 1.37. The number of sulfonamides is 1. The second-order valence-corrected chi connectivity index (χ2v) is 6.45. The first-order valence-electron chi connectivity index (χ1n) is 5.35. The van der Waals surface area contributed by atoms with E-state index in [-0.39, 0.29) is 10.0 Å². The van der Waals surface area contributed by atoms with Crippen LogP contribution in [0.4, 0.5) is 0 Å². The van der Waals surface area contributed by atoms with E-state index in [0.29, 0.717) is 5.56 Å². The van der Waals surface area contributed by atoms with Crippen LogP contribution in [0.15, 0.2) is 18.2 Å².